The molecular formula is C64H74FN8O13PS. The number of unbranched alkanes of at least 4 members (excludes halogenated alkanes) is 2. The number of primary amides is 1. The number of anilines is 1. The van der Waals surface area contributed by atoms with E-state index >= 15 is 4.39 Å². The summed E-state index contributed by atoms with van der Waals surface area (Å²) >= 11 is 1.55. The van der Waals surface area contributed by atoms with E-state index in [9.17, 15) is 57.8 Å². The molecule has 9 rings (SSSR count). The van der Waals surface area contributed by atoms with Crippen molar-refractivity contribution >= 4 is 82.3 Å². The van der Waals surface area contributed by atoms with Crippen LogP contribution in [-0.4, -0.2) is 120 Å². The summed E-state index contributed by atoms with van der Waals surface area (Å²) < 4.78 is 33.0. The van der Waals surface area contributed by atoms with Crippen molar-refractivity contribution in [2.24, 2.45) is 17.1 Å². The Morgan fingerprint density at radius 2 is 1.65 bits per heavy atom. The number of benzene rings is 4. The van der Waals surface area contributed by atoms with Crippen molar-refractivity contribution in [1.29, 1.82) is 0 Å². The van der Waals surface area contributed by atoms with E-state index < -0.39 is 102 Å². The van der Waals surface area contributed by atoms with E-state index in [1.807, 2.05) is 77.1 Å². The van der Waals surface area contributed by atoms with Gasteiger partial charge >= 0.3 is 7.60 Å². The molecule has 0 spiro atoms. The lowest BCUT2D eigenvalue weighted by atomic mass is 9.85. The van der Waals surface area contributed by atoms with Gasteiger partial charge in [-0.2, -0.15) is 0 Å². The number of aromatic amines is 1. The second-order valence-electron chi connectivity index (χ2n) is 24.3. The first-order valence-corrected chi connectivity index (χ1v) is 32.0. The second-order valence-corrected chi connectivity index (χ2v) is 26.6. The number of nitrogens with one attached hydrogen (secondary N) is 4. The fraction of sp³-hybridized carbons (Fsp3) is 0.422. The van der Waals surface area contributed by atoms with Gasteiger partial charge in [-0.15, -0.1) is 11.3 Å². The molecule has 88 heavy (non-hydrogen) atoms. The Balaban J connectivity index is 0.769. The predicted molar refractivity (Wildman–Crippen MR) is 328 cm³/mol. The van der Waals surface area contributed by atoms with Crippen LogP contribution in [0, 0.1) is 24.1 Å². The second kappa shape index (κ2) is 27.2. The van der Waals surface area contributed by atoms with Crippen LogP contribution in [0.3, 0.4) is 0 Å². The number of carbonyl (C=O) groups excluding carboxylic acids is 8. The fourth-order valence-electron chi connectivity index (χ4n) is 11.9. The summed E-state index contributed by atoms with van der Waals surface area (Å²) in [6.45, 7) is 8.95. The van der Waals surface area contributed by atoms with Gasteiger partial charge < -0.3 is 51.2 Å². The van der Waals surface area contributed by atoms with Crippen LogP contribution in [0.5, 0.6) is 5.75 Å². The van der Waals surface area contributed by atoms with E-state index in [1.54, 1.807) is 29.0 Å². The summed E-state index contributed by atoms with van der Waals surface area (Å²) in [5, 5.41) is 20.0. The lowest BCUT2D eigenvalue weighted by Crippen LogP contribution is -2.57. The minimum absolute atomic E-state index is 0.0278. The number of ether oxygens (including phenoxy) is 1. The van der Waals surface area contributed by atoms with E-state index in [2.05, 4.69) is 25.9 Å². The number of nitrogens with zero attached hydrogens (tertiary/aromatic N) is 3. The maximum Gasteiger partial charge on any atom is 0.396 e. The Morgan fingerprint density at radius 1 is 0.909 bits per heavy atom. The van der Waals surface area contributed by atoms with Gasteiger partial charge in [0.2, 0.25) is 35.4 Å². The first-order chi connectivity index (χ1) is 41.7. The molecule has 466 valence electrons. The number of ketones is 1. The van der Waals surface area contributed by atoms with Crippen molar-refractivity contribution in [3.05, 3.63) is 135 Å². The number of fused-ring (bicyclic) bond motifs is 1. The topological polar surface area (TPSA) is 321 Å². The number of aromatic nitrogens is 2. The van der Waals surface area contributed by atoms with Crippen molar-refractivity contribution in [1.82, 2.24) is 30.8 Å². The zero-order valence-corrected chi connectivity index (χ0v) is 51.4. The van der Waals surface area contributed by atoms with E-state index in [0.29, 0.717) is 48.7 Å². The Hall–Kier alpha value is -7.95. The molecule has 6 aromatic rings. The van der Waals surface area contributed by atoms with Crippen molar-refractivity contribution in [2.45, 2.75) is 148 Å². The van der Waals surface area contributed by atoms with E-state index in [-0.39, 0.29) is 81.0 Å². The normalized spacial score (nSPS) is 18.5. The quantitative estimate of drug-likeness (QED) is 0.0157. The number of carbonyl (C=O) groups is 8. The van der Waals surface area contributed by atoms with E-state index in [0.717, 1.165) is 38.4 Å². The van der Waals surface area contributed by atoms with Gasteiger partial charge in [-0.1, -0.05) is 75.7 Å². The molecule has 3 aliphatic heterocycles. The van der Waals surface area contributed by atoms with Gasteiger partial charge in [-0.05, 0) is 122 Å². The third-order valence-corrected chi connectivity index (χ3v) is 18.4. The number of aryl methyl sites for hydroxylation is 3. The molecule has 7 atom stereocenters. The summed E-state index contributed by atoms with van der Waals surface area (Å²) in [5.74, 6) is -4.92. The molecule has 21 nitrogen and oxygen atoms in total. The van der Waals surface area contributed by atoms with Crippen LogP contribution in [0.4, 0.5) is 10.1 Å². The third kappa shape index (κ3) is 15.1. The number of rotatable bonds is 25. The van der Waals surface area contributed by atoms with E-state index in [1.165, 1.54) is 40.1 Å². The summed E-state index contributed by atoms with van der Waals surface area (Å²) in [4.78, 5) is 139. The van der Waals surface area contributed by atoms with Crippen LogP contribution in [0.2, 0.25) is 0 Å². The van der Waals surface area contributed by atoms with Crippen molar-refractivity contribution in [2.75, 3.05) is 18.1 Å². The molecule has 1 fully saturated rings. The molecule has 5 heterocycles. The van der Waals surface area contributed by atoms with Gasteiger partial charge in [0.1, 0.15) is 24.7 Å². The average molecular weight is 1250 g/mol. The SMILES string of the molecule is Cc1ncsc1-c1ccc([C@H](C)NC(=O)[C@@H]2C[C@@H](O)CN2C(=O)[C@@H](NC(=O)CCCCCc2ccc(F)c(OC[C@H](CCC(N)=O)NC(=O)[C@@H]3Cc4cccc5c4N3C(=O)[C@@H](CC(=O)c3cc4cc(C(=O)P(=O)(O)O)ccc4[nH]3)CC5)c2)C(C)(C)C)cc1. The highest BCUT2D eigenvalue weighted by Gasteiger charge is 2.46. The number of amides is 6. The van der Waals surface area contributed by atoms with Crippen molar-refractivity contribution in [3.63, 3.8) is 0 Å². The Morgan fingerprint density at radius 3 is 2.35 bits per heavy atom. The average Bonchev–Trinajstić information content (AvgIpc) is 1.78. The van der Waals surface area contributed by atoms with Gasteiger partial charge in [-0.3, -0.25) is 47.8 Å². The number of halogens is 1. The summed E-state index contributed by atoms with van der Waals surface area (Å²) in [5.41, 5.74) is 11.3. The molecule has 0 bridgehead atoms. The third-order valence-electron chi connectivity index (χ3n) is 16.6. The Labute approximate surface area is 512 Å². The van der Waals surface area contributed by atoms with E-state index in [4.69, 9.17) is 10.5 Å². The molecule has 0 saturated carbocycles. The summed E-state index contributed by atoms with van der Waals surface area (Å²) in [7, 11) is -5.06. The number of β-amino-alcohol motifs (C(OH)–C–C–N with tert-alkyl or cyclic N) is 1. The Bertz CT molecular complexity index is 3710. The van der Waals surface area contributed by atoms with Gasteiger partial charge in [-0.25, -0.2) is 9.37 Å². The van der Waals surface area contributed by atoms with Gasteiger partial charge in [0, 0.05) is 61.0 Å². The van der Waals surface area contributed by atoms with Gasteiger partial charge in [0.25, 0.3) is 5.52 Å². The minimum Gasteiger partial charge on any atom is -0.488 e. The monoisotopic (exact) mass is 1240 g/mol. The largest absolute Gasteiger partial charge is 0.488 e. The highest BCUT2D eigenvalue weighted by Crippen LogP contribution is 2.42. The molecule has 0 unspecified atom stereocenters. The standard InChI is InChI=1S/C64H74FN8O13PS/c1-35(38-15-18-40(19-16-38)57-36(2)67-34-88-57)68-59(78)50-31-46(74)32-72(50)62(81)58(64(3,4)5)71-55(77)13-8-6-7-10-37-14-23-47(65)53(26-37)86-33-45(22-25-54(66)76)69-60(79)51-29-41-12-9-11-39-17-20-42(61(80)73(51)56(39)41)30-52(75)49-28-44-27-43(21-24-48(44)70-49)63(82)87(83,84)85/h9,11-12,14-16,18-19,21,23-24,26-28,34-35,42,45-46,50-51,58,70,74H,6-8,10,13,17,20,22,25,29-33H2,1-5H3,(H2,66,76)(H,68,78)(H,69,79)(H,71,77)(H2,83,84,85)/t35-,42+,45-,46+,50-,51-,58+/m0/s1. The number of hydrogen-bond acceptors (Lipinski definition) is 13. The van der Waals surface area contributed by atoms with Crippen LogP contribution < -0.4 is 31.3 Å². The number of thiazole rings is 1. The number of Topliss-reactive ketones (excluding diaryl/α,β-unsaturated/α-hetero) is 1. The number of aliphatic hydroxyl groups is 1. The van der Waals surface area contributed by atoms with Crippen LogP contribution in [0.25, 0.3) is 21.3 Å². The van der Waals surface area contributed by atoms with Crippen molar-refractivity contribution < 1.29 is 66.9 Å². The number of H-pyrrole nitrogens is 1. The van der Waals surface area contributed by atoms with Gasteiger partial charge in [0.15, 0.2) is 17.3 Å². The molecule has 24 heteroatoms. The molecule has 4 aromatic carbocycles. The molecular weight excluding hydrogens is 1170 g/mol. The highest BCUT2D eigenvalue weighted by atomic mass is 32.1. The van der Waals surface area contributed by atoms with Crippen LogP contribution >= 0.6 is 18.9 Å². The molecule has 0 aliphatic carbocycles. The maximum absolute atomic E-state index is 15.4. The summed E-state index contributed by atoms with van der Waals surface area (Å²) in [6.07, 6.45) is 1.92. The Kier molecular flexibility index (Phi) is 19.9. The molecule has 3 aliphatic rings. The van der Waals surface area contributed by atoms with Crippen LogP contribution in [0.15, 0.2) is 90.4 Å². The smallest absolute Gasteiger partial charge is 0.396 e. The first kappa shape index (κ1) is 64.5. The first-order valence-electron chi connectivity index (χ1n) is 29.5. The van der Waals surface area contributed by atoms with Crippen LogP contribution in [-0.2, 0) is 52.6 Å². The minimum atomic E-state index is -5.06. The summed E-state index contributed by atoms with van der Waals surface area (Å²) in [6, 6.07) is 19.0. The number of aliphatic hydroxyl groups excluding tert-OH is 1. The zero-order chi connectivity index (χ0) is 63.4. The maximum atomic E-state index is 15.4. The zero-order valence-electron chi connectivity index (χ0n) is 49.7. The fourth-order valence-corrected chi connectivity index (χ4v) is 13.1. The molecule has 1 saturated heterocycles. The molecule has 0 radical (unpaired) electrons. The number of hydrogen-bond donors (Lipinski definition) is 8. The van der Waals surface area contributed by atoms with Crippen molar-refractivity contribution in [3.8, 4) is 16.2 Å². The molecule has 2 aromatic heterocycles. The predicted octanol–water partition coefficient (Wildman–Crippen LogP) is 7.45. The van der Waals surface area contributed by atoms with Gasteiger partial charge in [0.05, 0.1) is 45.7 Å². The lowest BCUT2D eigenvalue weighted by Gasteiger charge is -2.35. The number of nitrogens with two attached hydrogens (primary N) is 1. The molecule has 9 N–H and O–H groups in total. The van der Waals surface area contributed by atoms with Crippen LogP contribution in [0.1, 0.15) is 140 Å². The number of likely N-dealkylation sites (tertiary alicyclic amines) is 1. The highest BCUT2D eigenvalue weighted by molar-refractivity contribution is 7.70. The number of para-hydroxylation sites is 1. The lowest BCUT2D eigenvalue weighted by molar-refractivity contribution is -0.144. The molecule has 6 amide bonds.